The fraction of sp³-hybridized carbons (Fsp3) is 0.107. The number of benzene rings is 3. The number of anilines is 3. The third-order valence-corrected chi connectivity index (χ3v) is 6.10. The first-order valence-electron chi connectivity index (χ1n) is 11.6. The Balaban J connectivity index is 1.98. The van der Waals surface area contributed by atoms with Crippen molar-refractivity contribution < 1.29 is 24.0 Å². The van der Waals surface area contributed by atoms with Crippen LogP contribution in [0.15, 0.2) is 102 Å². The molecule has 1 unspecified atom stereocenters. The molecule has 3 N–H and O–H groups in total. The van der Waals surface area contributed by atoms with Crippen LogP contribution in [0.3, 0.4) is 0 Å². The summed E-state index contributed by atoms with van der Waals surface area (Å²) in [4.78, 5) is 38.9. The molecule has 1 atom stereocenters. The van der Waals surface area contributed by atoms with Crippen molar-refractivity contribution >= 4 is 34.7 Å². The summed E-state index contributed by atoms with van der Waals surface area (Å²) >= 11 is 0. The smallest absolute Gasteiger partial charge is 0.355 e. The molecule has 196 valence electrons. The van der Waals surface area contributed by atoms with E-state index in [1.807, 2.05) is 12.1 Å². The monoisotopic (exact) mass is 525 g/mol. The zero-order chi connectivity index (χ0) is 28.1. The average Bonchev–Trinajstić information content (AvgIpc) is 2.96. The van der Waals surface area contributed by atoms with Gasteiger partial charge < -0.3 is 20.5 Å². The van der Waals surface area contributed by atoms with Gasteiger partial charge in [-0.1, -0.05) is 48.5 Å². The molecule has 0 spiro atoms. The molecule has 39 heavy (non-hydrogen) atoms. The quantitative estimate of drug-likeness (QED) is 0.259. The van der Waals surface area contributed by atoms with Crippen LogP contribution in [0.4, 0.5) is 22.7 Å². The number of nitrogens with two attached hydrogens (primary N) is 1. The van der Waals surface area contributed by atoms with Crippen molar-refractivity contribution in [3.8, 4) is 6.07 Å². The first-order chi connectivity index (χ1) is 18.8. The van der Waals surface area contributed by atoms with Gasteiger partial charge in [-0.2, -0.15) is 5.26 Å². The third-order valence-electron chi connectivity index (χ3n) is 6.10. The number of ether oxygens (including phenoxy) is 2. The molecule has 11 nitrogen and oxygen atoms in total. The maximum absolute atomic E-state index is 13.2. The summed E-state index contributed by atoms with van der Waals surface area (Å²) in [6.45, 7) is 0. The highest BCUT2D eigenvalue weighted by atomic mass is 16.6. The van der Waals surface area contributed by atoms with Crippen LogP contribution in [0.5, 0.6) is 0 Å². The number of esters is 2. The number of nitro benzene ring substituents is 1. The number of rotatable bonds is 7. The lowest BCUT2D eigenvalue weighted by Gasteiger charge is -2.35. The van der Waals surface area contributed by atoms with Gasteiger partial charge in [0.25, 0.3) is 5.69 Å². The molecule has 1 heterocycles. The number of carbonyl (C=O) groups is 2. The number of allylic oxidation sites excluding steroid dienone is 1. The summed E-state index contributed by atoms with van der Waals surface area (Å²) in [5, 5.41) is 25.2. The standard InChI is InChI=1S/C28H23N5O6/c1-38-27(34)24-23(17-9-5-3-6-10-17)20(16-29)26(30)32(25(24)28(35)39-2)19-13-14-21(22(15-19)33(36)37)31-18-11-7-4-8-12-18/h3-15,23,31H,30H2,1-2H3. The Kier molecular flexibility index (Phi) is 7.58. The van der Waals surface area contributed by atoms with Gasteiger partial charge in [0.15, 0.2) is 0 Å². The van der Waals surface area contributed by atoms with E-state index in [2.05, 4.69) is 5.32 Å². The highest BCUT2D eigenvalue weighted by Crippen LogP contribution is 2.44. The van der Waals surface area contributed by atoms with Gasteiger partial charge in [0, 0.05) is 11.8 Å². The molecule has 0 fully saturated rings. The van der Waals surface area contributed by atoms with Gasteiger partial charge >= 0.3 is 11.9 Å². The summed E-state index contributed by atoms with van der Waals surface area (Å²) in [5.41, 5.74) is 6.91. The molecule has 0 saturated heterocycles. The molecular formula is C28H23N5O6. The molecule has 0 radical (unpaired) electrons. The molecule has 0 saturated carbocycles. The molecule has 11 heteroatoms. The average molecular weight is 526 g/mol. The molecule has 4 rings (SSSR count). The third kappa shape index (κ3) is 4.99. The lowest BCUT2D eigenvalue weighted by atomic mass is 9.81. The second-order valence-corrected chi connectivity index (χ2v) is 8.28. The van der Waals surface area contributed by atoms with Gasteiger partial charge in [-0.3, -0.25) is 15.0 Å². The van der Waals surface area contributed by atoms with E-state index in [1.54, 1.807) is 54.6 Å². The van der Waals surface area contributed by atoms with Crippen LogP contribution in [0.2, 0.25) is 0 Å². The molecule has 1 aliphatic heterocycles. The number of nitrogens with zero attached hydrogens (tertiary/aromatic N) is 3. The van der Waals surface area contributed by atoms with Crippen molar-refractivity contribution in [2.75, 3.05) is 24.4 Å². The summed E-state index contributed by atoms with van der Waals surface area (Å²) in [5.74, 6) is -3.10. The first kappa shape index (κ1) is 26.4. The number of hydrogen-bond acceptors (Lipinski definition) is 10. The minimum atomic E-state index is -1.05. The highest BCUT2D eigenvalue weighted by Gasteiger charge is 2.43. The van der Waals surface area contributed by atoms with Gasteiger partial charge in [-0.15, -0.1) is 0 Å². The van der Waals surface area contributed by atoms with Gasteiger partial charge in [-0.25, -0.2) is 9.59 Å². The van der Waals surface area contributed by atoms with E-state index in [4.69, 9.17) is 15.2 Å². The highest BCUT2D eigenvalue weighted by molar-refractivity contribution is 6.06. The number of carbonyl (C=O) groups excluding carboxylic acids is 2. The molecule has 3 aromatic carbocycles. The Morgan fingerprint density at radius 1 is 1.00 bits per heavy atom. The molecule has 0 bridgehead atoms. The Labute approximate surface area is 223 Å². The fourth-order valence-corrected chi connectivity index (χ4v) is 4.37. The van der Waals surface area contributed by atoms with Crippen molar-refractivity contribution in [2.45, 2.75) is 5.92 Å². The zero-order valence-electron chi connectivity index (χ0n) is 21.0. The van der Waals surface area contributed by atoms with E-state index in [-0.39, 0.29) is 39.7 Å². The normalized spacial score (nSPS) is 14.9. The molecule has 1 aliphatic rings. The van der Waals surface area contributed by atoms with E-state index >= 15 is 0 Å². The lowest BCUT2D eigenvalue weighted by Crippen LogP contribution is -2.40. The van der Waals surface area contributed by atoms with Gasteiger partial charge in [0.05, 0.1) is 48.0 Å². The summed E-state index contributed by atoms with van der Waals surface area (Å²) in [7, 11) is 2.26. The number of para-hydroxylation sites is 1. The van der Waals surface area contributed by atoms with Crippen molar-refractivity contribution in [3.05, 3.63) is 117 Å². The van der Waals surface area contributed by atoms with Crippen LogP contribution in [-0.2, 0) is 19.1 Å². The Morgan fingerprint density at radius 3 is 2.18 bits per heavy atom. The number of methoxy groups -OCH3 is 2. The Hall–Kier alpha value is -5.63. The van der Waals surface area contributed by atoms with Gasteiger partial charge in [0.1, 0.15) is 17.2 Å². The van der Waals surface area contributed by atoms with Crippen molar-refractivity contribution in [3.63, 3.8) is 0 Å². The zero-order valence-corrected chi connectivity index (χ0v) is 21.0. The second-order valence-electron chi connectivity index (χ2n) is 8.28. The minimum absolute atomic E-state index is 0.0524. The maximum Gasteiger partial charge on any atom is 0.355 e. The molecule has 0 amide bonds. The number of nitriles is 1. The molecular weight excluding hydrogens is 502 g/mol. The maximum atomic E-state index is 13.2. The summed E-state index contributed by atoms with van der Waals surface area (Å²) < 4.78 is 10.00. The van der Waals surface area contributed by atoms with Crippen LogP contribution in [-0.4, -0.2) is 31.1 Å². The van der Waals surface area contributed by atoms with Crippen LogP contribution in [0.1, 0.15) is 11.5 Å². The van der Waals surface area contributed by atoms with Gasteiger partial charge in [0.2, 0.25) is 0 Å². The Bertz CT molecular complexity index is 1540. The minimum Gasteiger partial charge on any atom is -0.466 e. The van der Waals surface area contributed by atoms with Crippen LogP contribution in [0, 0.1) is 21.4 Å². The van der Waals surface area contributed by atoms with E-state index in [0.29, 0.717) is 11.3 Å². The van der Waals surface area contributed by atoms with Gasteiger partial charge in [-0.05, 0) is 29.8 Å². The van der Waals surface area contributed by atoms with Crippen molar-refractivity contribution in [1.29, 1.82) is 5.26 Å². The number of nitro groups is 1. The van der Waals surface area contributed by atoms with Crippen molar-refractivity contribution in [2.24, 2.45) is 5.73 Å². The summed E-state index contributed by atoms with van der Waals surface area (Å²) in [6.07, 6.45) is 0. The fourth-order valence-electron chi connectivity index (χ4n) is 4.37. The second kappa shape index (κ2) is 11.2. The van der Waals surface area contributed by atoms with E-state index in [0.717, 1.165) is 19.1 Å². The van der Waals surface area contributed by atoms with E-state index in [9.17, 15) is 25.0 Å². The topological polar surface area (TPSA) is 161 Å². The van der Waals surface area contributed by atoms with Crippen LogP contribution in [0.25, 0.3) is 0 Å². The lowest BCUT2D eigenvalue weighted by molar-refractivity contribution is -0.383. The predicted molar refractivity (Wildman–Crippen MR) is 142 cm³/mol. The predicted octanol–water partition coefficient (Wildman–Crippen LogP) is 4.24. The van der Waals surface area contributed by atoms with E-state index in [1.165, 1.54) is 18.2 Å². The van der Waals surface area contributed by atoms with Crippen LogP contribution >= 0.6 is 0 Å². The molecule has 0 aromatic heterocycles. The first-order valence-corrected chi connectivity index (χ1v) is 11.6. The van der Waals surface area contributed by atoms with E-state index < -0.39 is 22.8 Å². The van der Waals surface area contributed by atoms with Crippen LogP contribution < -0.4 is 16.0 Å². The van der Waals surface area contributed by atoms with Crippen molar-refractivity contribution in [1.82, 2.24) is 0 Å². The molecule has 0 aliphatic carbocycles. The summed E-state index contributed by atoms with van der Waals surface area (Å²) in [6, 6.07) is 23.5. The Morgan fingerprint density at radius 2 is 1.62 bits per heavy atom. The number of hydrogen-bond donors (Lipinski definition) is 2. The molecule has 3 aromatic rings. The number of nitrogens with one attached hydrogen (secondary N) is 1. The SMILES string of the molecule is COC(=O)C1=C(C(=O)OC)N(c2ccc(Nc3ccccc3)c([N+](=O)[O-])c2)C(N)=C(C#N)C1c1ccccc1. The largest absolute Gasteiger partial charge is 0.466 e.